The van der Waals surface area contributed by atoms with Gasteiger partial charge in [-0.3, -0.25) is 0 Å². The number of fused-ring (bicyclic) bond motifs is 5. The van der Waals surface area contributed by atoms with Gasteiger partial charge in [-0.15, -0.1) is 0 Å². The molecule has 1 atom stereocenters. The molecule has 5 rings (SSSR count). The number of aliphatic hydroxyl groups is 1. The van der Waals surface area contributed by atoms with Crippen molar-refractivity contribution in [3.05, 3.63) is 90.0 Å². The van der Waals surface area contributed by atoms with E-state index in [1.54, 1.807) is 0 Å². The number of nitrogens with zero attached hydrogens (tertiary/aromatic N) is 1. The second-order valence-corrected chi connectivity index (χ2v) is 6.57. The van der Waals surface area contributed by atoms with Crippen LogP contribution < -0.4 is 0 Å². The Kier molecular flexibility index (Phi) is 3.47. The van der Waals surface area contributed by atoms with E-state index in [4.69, 9.17) is 4.52 Å². The lowest BCUT2D eigenvalue weighted by Gasteiger charge is -2.21. The van der Waals surface area contributed by atoms with Crippen molar-refractivity contribution in [3.8, 4) is 33.7 Å². The molecule has 0 bridgehead atoms. The Balaban J connectivity index is 1.88. The molecule has 0 spiro atoms. The van der Waals surface area contributed by atoms with E-state index < -0.39 is 6.10 Å². The molecule has 0 fully saturated rings. The molecule has 1 heterocycles. The Hall–Kier alpha value is -3.17. The molecular formula is C23H17NO2. The fourth-order valence-corrected chi connectivity index (χ4v) is 3.77. The molecule has 1 unspecified atom stereocenters. The van der Waals surface area contributed by atoms with Crippen LogP contribution in [0, 0.1) is 0 Å². The van der Waals surface area contributed by atoms with Crippen LogP contribution in [0.15, 0.2) is 83.4 Å². The van der Waals surface area contributed by atoms with Crippen molar-refractivity contribution in [2.75, 3.05) is 0 Å². The van der Waals surface area contributed by atoms with Gasteiger partial charge in [0, 0.05) is 17.5 Å². The molecule has 3 nitrogen and oxygen atoms in total. The van der Waals surface area contributed by atoms with E-state index in [-0.39, 0.29) is 0 Å². The Labute approximate surface area is 151 Å². The summed E-state index contributed by atoms with van der Waals surface area (Å²) in [6.45, 7) is 0. The molecule has 1 aromatic heterocycles. The molecule has 3 aromatic carbocycles. The van der Waals surface area contributed by atoms with Crippen molar-refractivity contribution in [2.24, 2.45) is 0 Å². The molecule has 26 heavy (non-hydrogen) atoms. The SMILES string of the molecule is OC1Cc2ccccc2-c2onc(-c3ccccc3)c2-c2ccccc21. The third kappa shape index (κ3) is 2.29. The lowest BCUT2D eigenvalue weighted by Crippen LogP contribution is -2.07. The number of benzene rings is 3. The molecular weight excluding hydrogens is 322 g/mol. The summed E-state index contributed by atoms with van der Waals surface area (Å²) in [4.78, 5) is 0. The molecule has 3 heteroatoms. The fourth-order valence-electron chi connectivity index (χ4n) is 3.77. The van der Waals surface area contributed by atoms with Crippen molar-refractivity contribution in [3.63, 3.8) is 0 Å². The summed E-state index contributed by atoms with van der Waals surface area (Å²) in [7, 11) is 0. The molecule has 0 aliphatic heterocycles. The van der Waals surface area contributed by atoms with Crippen molar-refractivity contribution < 1.29 is 9.63 Å². The van der Waals surface area contributed by atoms with E-state index in [2.05, 4.69) is 5.16 Å². The average Bonchev–Trinajstić information content (AvgIpc) is 3.12. The Bertz CT molecular complexity index is 1080. The summed E-state index contributed by atoms with van der Waals surface area (Å²) in [5, 5.41) is 15.3. The molecule has 0 saturated heterocycles. The van der Waals surface area contributed by atoms with Crippen LogP contribution in [0.25, 0.3) is 33.7 Å². The van der Waals surface area contributed by atoms with E-state index >= 15 is 0 Å². The van der Waals surface area contributed by atoms with Gasteiger partial charge in [0.25, 0.3) is 0 Å². The van der Waals surface area contributed by atoms with Gasteiger partial charge >= 0.3 is 0 Å². The first-order valence-electron chi connectivity index (χ1n) is 8.73. The summed E-state index contributed by atoms with van der Waals surface area (Å²) < 4.78 is 5.86. The van der Waals surface area contributed by atoms with Crippen LogP contribution in [0.2, 0.25) is 0 Å². The summed E-state index contributed by atoms with van der Waals surface area (Å²) in [6.07, 6.45) is -0.0207. The third-order valence-corrected chi connectivity index (χ3v) is 5.00. The number of rotatable bonds is 1. The number of aliphatic hydroxyl groups excluding tert-OH is 1. The minimum Gasteiger partial charge on any atom is -0.388 e. The van der Waals surface area contributed by atoms with Gasteiger partial charge in [-0.05, 0) is 16.7 Å². The van der Waals surface area contributed by atoms with Gasteiger partial charge in [0.15, 0.2) is 5.76 Å². The Morgan fingerprint density at radius 3 is 2.35 bits per heavy atom. The van der Waals surface area contributed by atoms with E-state index in [1.807, 2.05) is 78.9 Å². The van der Waals surface area contributed by atoms with Gasteiger partial charge in [-0.2, -0.15) is 0 Å². The standard InChI is InChI=1S/C23H17NO2/c25-20-14-16-10-4-5-11-17(16)23-21(19-13-7-6-12-18(19)20)22(24-26-23)15-8-2-1-3-9-15/h1-13,20,25H,14H2. The van der Waals surface area contributed by atoms with Crippen LogP contribution in [0.1, 0.15) is 17.2 Å². The summed E-state index contributed by atoms with van der Waals surface area (Å²) in [6, 6.07) is 26.1. The maximum atomic E-state index is 10.9. The van der Waals surface area contributed by atoms with Crippen LogP contribution in [0.5, 0.6) is 0 Å². The van der Waals surface area contributed by atoms with Gasteiger partial charge in [0.05, 0.1) is 11.7 Å². The highest BCUT2D eigenvalue weighted by Crippen LogP contribution is 2.45. The first-order valence-corrected chi connectivity index (χ1v) is 8.73. The molecule has 0 saturated carbocycles. The Morgan fingerprint density at radius 2 is 1.50 bits per heavy atom. The molecule has 1 aliphatic carbocycles. The second kappa shape index (κ2) is 5.97. The summed E-state index contributed by atoms with van der Waals surface area (Å²) in [5.74, 6) is 0.763. The molecule has 126 valence electrons. The van der Waals surface area contributed by atoms with E-state index in [1.165, 1.54) is 0 Å². The van der Waals surface area contributed by atoms with Gasteiger partial charge in [-0.25, -0.2) is 0 Å². The van der Waals surface area contributed by atoms with Crippen molar-refractivity contribution >= 4 is 0 Å². The minimum atomic E-state index is -0.570. The number of aromatic nitrogens is 1. The third-order valence-electron chi connectivity index (χ3n) is 5.00. The molecule has 1 N–H and O–H groups in total. The molecule has 0 radical (unpaired) electrons. The highest BCUT2D eigenvalue weighted by atomic mass is 16.5. The quantitative estimate of drug-likeness (QED) is 0.514. The van der Waals surface area contributed by atoms with Crippen LogP contribution in [-0.4, -0.2) is 10.3 Å². The average molecular weight is 339 g/mol. The predicted octanol–water partition coefficient (Wildman–Crippen LogP) is 5.27. The van der Waals surface area contributed by atoms with Gasteiger partial charge < -0.3 is 9.63 Å². The number of hydrogen-bond acceptors (Lipinski definition) is 3. The summed E-state index contributed by atoms with van der Waals surface area (Å²) in [5.41, 5.74) is 6.68. The van der Waals surface area contributed by atoms with Gasteiger partial charge in [0.1, 0.15) is 5.69 Å². The number of hydrogen-bond donors (Lipinski definition) is 1. The summed E-state index contributed by atoms with van der Waals surface area (Å²) >= 11 is 0. The lowest BCUT2D eigenvalue weighted by molar-refractivity contribution is 0.179. The van der Waals surface area contributed by atoms with Crippen molar-refractivity contribution in [2.45, 2.75) is 12.5 Å². The molecule has 1 aliphatic rings. The lowest BCUT2D eigenvalue weighted by atomic mass is 9.85. The fraction of sp³-hybridized carbons (Fsp3) is 0.0870. The Morgan fingerprint density at radius 1 is 0.808 bits per heavy atom. The zero-order chi connectivity index (χ0) is 17.5. The minimum absolute atomic E-state index is 0.550. The highest BCUT2D eigenvalue weighted by molar-refractivity contribution is 5.92. The van der Waals surface area contributed by atoms with Crippen LogP contribution in [0.3, 0.4) is 0 Å². The highest BCUT2D eigenvalue weighted by Gasteiger charge is 2.28. The normalized spacial score (nSPS) is 15.3. The predicted molar refractivity (Wildman–Crippen MR) is 101 cm³/mol. The van der Waals surface area contributed by atoms with E-state index in [0.717, 1.165) is 44.8 Å². The van der Waals surface area contributed by atoms with Gasteiger partial charge in [0.2, 0.25) is 0 Å². The molecule has 4 aromatic rings. The monoisotopic (exact) mass is 339 g/mol. The second-order valence-electron chi connectivity index (χ2n) is 6.57. The van der Waals surface area contributed by atoms with Crippen molar-refractivity contribution in [1.82, 2.24) is 5.16 Å². The van der Waals surface area contributed by atoms with Gasteiger partial charge in [-0.1, -0.05) is 84.0 Å². The van der Waals surface area contributed by atoms with Crippen LogP contribution in [0.4, 0.5) is 0 Å². The largest absolute Gasteiger partial charge is 0.388 e. The maximum absolute atomic E-state index is 10.9. The first-order chi connectivity index (χ1) is 12.8. The zero-order valence-corrected chi connectivity index (χ0v) is 14.1. The zero-order valence-electron chi connectivity index (χ0n) is 14.1. The topological polar surface area (TPSA) is 46.3 Å². The maximum Gasteiger partial charge on any atom is 0.175 e. The van der Waals surface area contributed by atoms with Crippen LogP contribution in [-0.2, 0) is 6.42 Å². The van der Waals surface area contributed by atoms with Crippen molar-refractivity contribution in [1.29, 1.82) is 0 Å². The van der Waals surface area contributed by atoms with Crippen LogP contribution >= 0.6 is 0 Å². The smallest absolute Gasteiger partial charge is 0.175 e. The van der Waals surface area contributed by atoms with E-state index in [9.17, 15) is 5.11 Å². The molecule has 0 amide bonds. The van der Waals surface area contributed by atoms with E-state index in [0.29, 0.717) is 6.42 Å². The first kappa shape index (κ1) is 15.1.